The van der Waals surface area contributed by atoms with Crippen LogP contribution in [0.5, 0.6) is 0 Å². The third-order valence-electron chi connectivity index (χ3n) is 3.12. The highest BCUT2D eigenvalue weighted by atomic mass is 19.1. The Balaban J connectivity index is 1.87. The summed E-state index contributed by atoms with van der Waals surface area (Å²) < 4.78 is 13.1. The number of carbonyl (C=O) groups is 1. The number of amides is 1. The van der Waals surface area contributed by atoms with Crippen molar-refractivity contribution < 1.29 is 9.18 Å². The van der Waals surface area contributed by atoms with Crippen molar-refractivity contribution in [2.75, 3.05) is 11.1 Å². The van der Waals surface area contributed by atoms with E-state index in [1.807, 2.05) is 12.1 Å². The average molecular weight is 281 g/mol. The summed E-state index contributed by atoms with van der Waals surface area (Å²) in [6.45, 7) is 0. The number of nitrogen functional groups attached to an aromatic ring is 1. The zero-order valence-electron chi connectivity index (χ0n) is 11.0. The van der Waals surface area contributed by atoms with Crippen molar-refractivity contribution in [3.05, 3.63) is 66.1 Å². The fourth-order valence-corrected chi connectivity index (χ4v) is 2.04. The minimum atomic E-state index is -0.509. The van der Waals surface area contributed by atoms with Crippen molar-refractivity contribution in [2.24, 2.45) is 0 Å². The minimum Gasteiger partial charge on any atom is -0.396 e. The van der Waals surface area contributed by atoms with Crippen molar-refractivity contribution in [3.8, 4) is 0 Å². The maximum atomic E-state index is 13.1. The van der Waals surface area contributed by atoms with Gasteiger partial charge in [-0.25, -0.2) is 4.39 Å². The van der Waals surface area contributed by atoms with Crippen molar-refractivity contribution >= 4 is 28.2 Å². The summed E-state index contributed by atoms with van der Waals surface area (Å²) in [7, 11) is 0. The van der Waals surface area contributed by atoms with E-state index in [0.717, 1.165) is 10.9 Å². The highest BCUT2D eigenvalue weighted by Gasteiger charge is 2.08. The minimum absolute atomic E-state index is 0.00416. The maximum absolute atomic E-state index is 13.1. The molecule has 0 fully saturated rings. The lowest BCUT2D eigenvalue weighted by atomic mass is 10.1. The van der Waals surface area contributed by atoms with E-state index in [-0.39, 0.29) is 11.6 Å². The van der Waals surface area contributed by atoms with Crippen molar-refractivity contribution in [1.82, 2.24) is 4.98 Å². The Morgan fingerprint density at radius 3 is 2.81 bits per heavy atom. The molecular formula is C16H12FN3O. The Bertz CT molecular complexity index is 833. The Hall–Kier alpha value is -2.95. The maximum Gasteiger partial charge on any atom is 0.255 e. The Labute approximate surface area is 120 Å². The number of benzene rings is 2. The molecule has 0 atom stereocenters. The second-order valence-electron chi connectivity index (χ2n) is 4.60. The van der Waals surface area contributed by atoms with Gasteiger partial charge in [0.25, 0.3) is 5.91 Å². The molecule has 2 aromatic carbocycles. The number of aromatic nitrogens is 1. The third kappa shape index (κ3) is 2.67. The van der Waals surface area contributed by atoms with Crippen molar-refractivity contribution in [1.29, 1.82) is 0 Å². The fraction of sp³-hybridized carbons (Fsp3) is 0. The quantitative estimate of drug-likeness (QED) is 0.709. The molecule has 0 aliphatic carbocycles. The number of rotatable bonds is 2. The lowest BCUT2D eigenvalue weighted by molar-refractivity contribution is 0.102. The highest BCUT2D eigenvalue weighted by Crippen LogP contribution is 2.18. The molecule has 5 heteroatoms. The molecule has 3 N–H and O–H groups in total. The van der Waals surface area contributed by atoms with Gasteiger partial charge in [-0.2, -0.15) is 0 Å². The molecule has 3 aromatic rings. The van der Waals surface area contributed by atoms with Crippen LogP contribution in [0, 0.1) is 5.82 Å². The molecular weight excluding hydrogens is 269 g/mol. The number of nitrogens with two attached hydrogens (primary N) is 1. The van der Waals surface area contributed by atoms with Crippen LogP contribution in [0.1, 0.15) is 10.4 Å². The summed E-state index contributed by atoms with van der Waals surface area (Å²) in [5, 5.41) is 3.56. The predicted octanol–water partition coefficient (Wildman–Crippen LogP) is 3.21. The molecule has 0 spiro atoms. The van der Waals surface area contributed by atoms with Crippen molar-refractivity contribution in [3.63, 3.8) is 0 Å². The summed E-state index contributed by atoms with van der Waals surface area (Å²) in [5.41, 5.74) is 7.24. The average Bonchev–Trinajstić information content (AvgIpc) is 2.50. The van der Waals surface area contributed by atoms with Crippen LogP contribution in [0.15, 0.2) is 54.7 Å². The van der Waals surface area contributed by atoms with Gasteiger partial charge in [0.05, 0.1) is 11.2 Å². The van der Waals surface area contributed by atoms with E-state index < -0.39 is 5.82 Å². The van der Waals surface area contributed by atoms with Crippen LogP contribution in [-0.4, -0.2) is 10.9 Å². The molecule has 1 aromatic heterocycles. The summed E-state index contributed by atoms with van der Waals surface area (Å²) in [6.07, 6.45) is 1.70. The molecule has 104 valence electrons. The number of anilines is 2. The Morgan fingerprint density at radius 2 is 2.00 bits per heavy atom. The Kier molecular flexibility index (Phi) is 3.23. The fourth-order valence-electron chi connectivity index (χ4n) is 2.04. The molecule has 4 nitrogen and oxygen atoms in total. The van der Waals surface area contributed by atoms with Gasteiger partial charge in [-0.05, 0) is 42.5 Å². The van der Waals surface area contributed by atoms with E-state index in [2.05, 4.69) is 10.3 Å². The summed E-state index contributed by atoms with van der Waals surface area (Å²) >= 11 is 0. The van der Waals surface area contributed by atoms with Crippen LogP contribution in [-0.2, 0) is 0 Å². The molecule has 1 amide bonds. The molecule has 0 unspecified atom stereocenters. The number of pyridine rings is 1. The normalized spacial score (nSPS) is 10.5. The molecule has 0 aliphatic heterocycles. The van der Waals surface area contributed by atoms with Gasteiger partial charge in [0.15, 0.2) is 0 Å². The second-order valence-corrected chi connectivity index (χ2v) is 4.60. The topological polar surface area (TPSA) is 68.0 Å². The van der Waals surface area contributed by atoms with Gasteiger partial charge < -0.3 is 11.1 Å². The molecule has 1 heterocycles. The van der Waals surface area contributed by atoms with Gasteiger partial charge in [0.2, 0.25) is 0 Å². The summed E-state index contributed by atoms with van der Waals surface area (Å²) in [6, 6.07) is 13.0. The van der Waals surface area contributed by atoms with Gasteiger partial charge >= 0.3 is 0 Å². The number of fused-ring (bicyclic) bond motifs is 1. The van der Waals surface area contributed by atoms with E-state index in [9.17, 15) is 9.18 Å². The lowest BCUT2D eigenvalue weighted by Crippen LogP contribution is -2.12. The zero-order chi connectivity index (χ0) is 14.8. The van der Waals surface area contributed by atoms with Gasteiger partial charge in [0.1, 0.15) is 5.82 Å². The number of hydrogen-bond donors (Lipinski definition) is 2. The van der Waals surface area contributed by atoms with Crippen molar-refractivity contribution in [2.45, 2.75) is 0 Å². The van der Waals surface area contributed by atoms with Crippen LogP contribution < -0.4 is 11.1 Å². The molecule has 3 rings (SSSR count). The molecule has 0 radical (unpaired) electrons. The highest BCUT2D eigenvalue weighted by molar-refractivity contribution is 6.06. The van der Waals surface area contributed by atoms with Gasteiger partial charge in [-0.15, -0.1) is 0 Å². The van der Waals surface area contributed by atoms with Crippen LogP contribution in [0.4, 0.5) is 15.8 Å². The SMILES string of the molecule is Nc1cc(NC(=O)c2ccc3ncccc3c2)ccc1F. The van der Waals surface area contributed by atoms with E-state index in [1.165, 1.54) is 18.2 Å². The molecule has 0 bridgehead atoms. The number of nitrogens with zero attached hydrogens (tertiary/aromatic N) is 1. The first-order valence-electron chi connectivity index (χ1n) is 6.34. The summed E-state index contributed by atoms with van der Waals surface area (Å²) in [5.74, 6) is -0.795. The molecule has 0 aliphatic rings. The first kappa shape index (κ1) is 13.1. The monoisotopic (exact) mass is 281 g/mol. The van der Waals surface area contributed by atoms with E-state index in [1.54, 1.807) is 24.4 Å². The predicted molar refractivity (Wildman–Crippen MR) is 80.5 cm³/mol. The zero-order valence-corrected chi connectivity index (χ0v) is 11.0. The molecule has 0 saturated carbocycles. The second kappa shape index (κ2) is 5.20. The first-order chi connectivity index (χ1) is 10.1. The van der Waals surface area contributed by atoms with Gasteiger partial charge in [-0.1, -0.05) is 6.07 Å². The van der Waals surface area contributed by atoms with E-state index in [4.69, 9.17) is 5.73 Å². The number of halogens is 1. The summed E-state index contributed by atoms with van der Waals surface area (Å²) in [4.78, 5) is 16.4. The van der Waals surface area contributed by atoms with Gasteiger partial charge in [-0.3, -0.25) is 9.78 Å². The lowest BCUT2D eigenvalue weighted by Gasteiger charge is -2.07. The molecule has 0 saturated heterocycles. The third-order valence-corrected chi connectivity index (χ3v) is 3.12. The smallest absolute Gasteiger partial charge is 0.255 e. The number of nitrogens with one attached hydrogen (secondary N) is 1. The van der Waals surface area contributed by atoms with Crippen LogP contribution in [0.2, 0.25) is 0 Å². The Morgan fingerprint density at radius 1 is 1.14 bits per heavy atom. The van der Waals surface area contributed by atoms with Crippen LogP contribution in [0.25, 0.3) is 10.9 Å². The van der Waals surface area contributed by atoms with Crippen LogP contribution >= 0.6 is 0 Å². The first-order valence-corrected chi connectivity index (χ1v) is 6.34. The van der Waals surface area contributed by atoms with E-state index >= 15 is 0 Å². The number of carbonyl (C=O) groups excluding carboxylic acids is 1. The van der Waals surface area contributed by atoms with Crippen LogP contribution in [0.3, 0.4) is 0 Å². The number of hydrogen-bond acceptors (Lipinski definition) is 3. The molecule has 21 heavy (non-hydrogen) atoms. The standard InChI is InChI=1S/C16H12FN3O/c17-13-5-4-12(9-14(13)18)20-16(21)11-3-6-15-10(8-11)2-1-7-19-15/h1-9H,18H2,(H,20,21). The van der Waals surface area contributed by atoms with E-state index in [0.29, 0.717) is 11.3 Å². The van der Waals surface area contributed by atoms with Gasteiger partial charge in [0, 0.05) is 22.8 Å². The largest absolute Gasteiger partial charge is 0.396 e.